The van der Waals surface area contributed by atoms with Gasteiger partial charge in [0.2, 0.25) is 0 Å². The fourth-order valence-electron chi connectivity index (χ4n) is 3.47. The Morgan fingerprint density at radius 3 is 2.55 bits per heavy atom. The van der Waals surface area contributed by atoms with Crippen LogP contribution in [-0.4, -0.2) is 21.1 Å². The summed E-state index contributed by atoms with van der Waals surface area (Å²) < 4.78 is 0. The molecule has 0 spiro atoms. The zero-order valence-corrected chi connectivity index (χ0v) is 18.1. The highest BCUT2D eigenvalue weighted by molar-refractivity contribution is 7.99. The first kappa shape index (κ1) is 19.7. The lowest BCUT2D eigenvalue weighted by Crippen LogP contribution is -2.28. The number of benzene rings is 3. The van der Waals surface area contributed by atoms with Gasteiger partial charge in [-0.25, -0.2) is 9.78 Å². The Balaban J connectivity index is 1.34. The Morgan fingerprint density at radius 1 is 0.935 bits per heavy atom. The fourth-order valence-corrected chi connectivity index (χ4v) is 5.26. The van der Waals surface area contributed by atoms with Gasteiger partial charge in [0.05, 0.1) is 23.6 Å². The minimum absolute atomic E-state index is 0.265. The van der Waals surface area contributed by atoms with E-state index in [0.717, 1.165) is 33.2 Å². The average molecular weight is 446 g/mol. The molecule has 0 radical (unpaired) electrons. The summed E-state index contributed by atoms with van der Waals surface area (Å²) in [5.74, 6) is 0. The summed E-state index contributed by atoms with van der Waals surface area (Å²) in [5.41, 5.74) is 5.00. The molecule has 31 heavy (non-hydrogen) atoms. The molecule has 2 N–H and O–H groups in total. The monoisotopic (exact) mass is 445 g/mol. The van der Waals surface area contributed by atoms with E-state index in [1.807, 2.05) is 47.8 Å². The second-order valence-corrected chi connectivity index (χ2v) is 9.21. The van der Waals surface area contributed by atoms with Gasteiger partial charge in [0.15, 0.2) is 0 Å². The molecule has 7 heteroatoms. The lowest BCUT2D eigenvalue weighted by Gasteiger charge is -2.21. The van der Waals surface area contributed by atoms with E-state index < -0.39 is 6.09 Å². The summed E-state index contributed by atoms with van der Waals surface area (Å²) in [7, 11) is 0. The minimum Gasteiger partial charge on any atom is -0.465 e. The Morgan fingerprint density at radius 2 is 1.71 bits per heavy atom. The maximum absolute atomic E-state index is 11.7. The van der Waals surface area contributed by atoms with Crippen molar-refractivity contribution in [2.45, 2.75) is 22.9 Å². The fraction of sp³-hybridized carbons (Fsp3) is 0.0833. The van der Waals surface area contributed by atoms with Crippen molar-refractivity contribution in [2.24, 2.45) is 0 Å². The number of carbonyl (C=O) groups is 1. The number of nitrogens with zero attached hydrogens (tertiary/aromatic N) is 2. The molecule has 5 rings (SSSR count). The van der Waals surface area contributed by atoms with Gasteiger partial charge in [0, 0.05) is 27.3 Å². The van der Waals surface area contributed by atoms with Crippen LogP contribution < -0.4 is 5.32 Å². The van der Waals surface area contributed by atoms with Crippen LogP contribution >= 0.6 is 23.1 Å². The van der Waals surface area contributed by atoms with E-state index in [1.54, 1.807) is 11.8 Å². The van der Waals surface area contributed by atoms with E-state index in [9.17, 15) is 9.90 Å². The number of rotatable bonds is 5. The van der Waals surface area contributed by atoms with Crippen LogP contribution in [0, 0.1) is 0 Å². The SMILES string of the molecule is O=C(O)N(Cc1ccccc1)Cc1nc(-c2ccc3c(c2)Nc2ccccc2S3)cs1. The number of amides is 1. The molecule has 4 aromatic rings. The Hall–Kier alpha value is -3.29. The average Bonchev–Trinajstić information content (AvgIpc) is 3.26. The van der Waals surface area contributed by atoms with Crippen LogP contribution in [0.5, 0.6) is 0 Å². The van der Waals surface area contributed by atoms with E-state index in [0.29, 0.717) is 6.54 Å². The third-order valence-corrected chi connectivity index (χ3v) is 7.00. The number of anilines is 2. The van der Waals surface area contributed by atoms with E-state index in [-0.39, 0.29) is 6.54 Å². The van der Waals surface area contributed by atoms with Crippen molar-refractivity contribution in [2.75, 3.05) is 5.32 Å². The number of para-hydroxylation sites is 1. The molecule has 1 aliphatic heterocycles. The molecule has 0 saturated carbocycles. The molecule has 154 valence electrons. The van der Waals surface area contributed by atoms with Gasteiger partial charge >= 0.3 is 6.09 Å². The molecule has 3 aromatic carbocycles. The number of carboxylic acid groups (broad SMARTS) is 1. The molecule has 0 unspecified atom stereocenters. The Bertz CT molecular complexity index is 1240. The van der Waals surface area contributed by atoms with Crippen LogP contribution in [0.1, 0.15) is 10.6 Å². The smallest absolute Gasteiger partial charge is 0.407 e. The summed E-state index contributed by atoms with van der Waals surface area (Å²) in [6.45, 7) is 0.603. The predicted molar refractivity (Wildman–Crippen MR) is 125 cm³/mol. The summed E-state index contributed by atoms with van der Waals surface area (Å²) in [6.07, 6.45) is -0.950. The molecular formula is C24H19N3O2S2. The Kier molecular flexibility index (Phi) is 5.36. The number of fused-ring (bicyclic) bond motifs is 2. The first-order valence-electron chi connectivity index (χ1n) is 9.80. The molecule has 2 heterocycles. The summed E-state index contributed by atoms with van der Waals surface area (Å²) in [4.78, 5) is 20.2. The lowest BCUT2D eigenvalue weighted by molar-refractivity contribution is 0.139. The van der Waals surface area contributed by atoms with Crippen molar-refractivity contribution in [3.05, 3.63) is 88.7 Å². The third kappa shape index (κ3) is 4.28. The maximum atomic E-state index is 11.7. The quantitative estimate of drug-likeness (QED) is 0.315. The van der Waals surface area contributed by atoms with Crippen LogP contribution in [0.4, 0.5) is 16.2 Å². The molecule has 5 nitrogen and oxygen atoms in total. The highest BCUT2D eigenvalue weighted by atomic mass is 32.2. The normalized spacial score (nSPS) is 11.9. The van der Waals surface area contributed by atoms with Gasteiger partial charge in [-0.3, -0.25) is 4.90 Å². The van der Waals surface area contributed by atoms with Crippen molar-refractivity contribution in [3.8, 4) is 11.3 Å². The minimum atomic E-state index is -0.950. The Labute approximate surface area is 188 Å². The van der Waals surface area contributed by atoms with Gasteiger partial charge < -0.3 is 10.4 Å². The molecule has 1 aliphatic rings. The largest absolute Gasteiger partial charge is 0.465 e. The van der Waals surface area contributed by atoms with E-state index >= 15 is 0 Å². The zero-order chi connectivity index (χ0) is 21.2. The van der Waals surface area contributed by atoms with Gasteiger partial charge in [-0.15, -0.1) is 11.3 Å². The van der Waals surface area contributed by atoms with Gasteiger partial charge in [-0.1, -0.05) is 60.3 Å². The topological polar surface area (TPSA) is 65.5 Å². The number of hydrogen-bond acceptors (Lipinski definition) is 5. The molecule has 0 fully saturated rings. The molecule has 0 bridgehead atoms. The zero-order valence-electron chi connectivity index (χ0n) is 16.5. The van der Waals surface area contributed by atoms with E-state index in [1.165, 1.54) is 26.0 Å². The summed E-state index contributed by atoms with van der Waals surface area (Å²) in [5, 5.41) is 15.9. The molecule has 1 amide bonds. The van der Waals surface area contributed by atoms with E-state index in [4.69, 9.17) is 4.98 Å². The molecule has 0 saturated heterocycles. The number of aromatic nitrogens is 1. The first-order chi connectivity index (χ1) is 15.2. The van der Waals surface area contributed by atoms with Gasteiger partial charge in [0.25, 0.3) is 0 Å². The van der Waals surface area contributed by atoms with Crippen LogP contribution in [-0.2, 0) is 13.1 Å². The van der Waals surface area contributed by atoms with Gasteiger partial charge in [0.1, 0.15) is 5.01 Å². The van der Waals surface area contributed by atoms with Crippen LogP contribution in [0.15, 0.2) is 88.0 Å². The van der Waals surface area contributed by atoms with Crippen molar-refractivity contribution in [3.63, 3.8) is 0 Å². The van der Waals surface area contributed by atoms with E-state index in [2.05, 4.69) is 35.6 Å². The molecule has 1 aromatic heterocycles. The highest BCUT2D eigenvalue weighted by Gasteiger charge is 2.18. The molecule has 0 atom stereocenters. The van der Waals surface area contributed by atoms with Crippen LogP contribution in [0.25, 0.3) is 11.3 Å². The van der Waals surface area contributed by atoms with Crippen LogP contribution in [0.2, 0.25) is 0 Å². The predicted octanol–water partition coefficient (Wildman–Crippen LogP) is 6.70. The number of thiazole rings is 1. The van der Waals surface area contributed by atoms with Gasteiger partial charge in [-0.05, 0) is 29.8 Å². The van der Waals surface area contributed by atoms with Crippen molar-refractivity contribution >= 4 is 40.6 Å². The summed E-state index contributed by atoms with van der Waals surface area (Å²) >= 11 is 3.24. The molecule has 0 aliphatic carbocycles. The standard InChI is InChI=1S/C24H19N3O2S2/c28-24(29)27(13-16-6-2-1-3-7-16)14-23-26-20(15-30-23)17-10-11-22-19(12-17)25-18-8-4-5-9-21(18)31-22/h1-12,15,25H,13-14H2,(H,28,29). The third-order valence-electron chi connectivity index (χ3n) is 5.02. The summed E-state index contributed by atoms with van der Waals surface area (Å²) in [6, 6.07) is 24.2. The first-order valence-corrected chi connectivity index (χ1v) is 11.5. The molecular weight excluding hydrogens is 426 g/mol. The second kappa shape index (κ2) is 8.45. The number of hydrogen-bond donors (Lipinski definition) is 2. The second-order valence-electron chi connectivity index (χ2n) is 7.18. The van der Waals surface area contributed by atoms with Crippen molar-refractivity contribution < 1.29 is 9.90 Å². The van der Waals surface area contributed by atoms with Crippen LogP contribution in [0.3, 0.4) is 0 Å². The van der Waals surface area contributed by atoms with Gasteiger partial charge in [-0.2, -0.15) is 0 Å². The highest BCUT2D eigenvalue weighted by Crippen LogP contribution is 2.45. The van der Waals surface area contributed by atoms with Crippen molar-refractivity contribution in [1.29, 1.82) is 0 Å². The maximum Gasteiger partial charge on any atom is 0.407 e. The van der Waals surface area contributed by atoms with Crippen molar-refractivity contribution in [1.82, 2.24) is 9.88 Å². The lowest BCUT2D eigenvalue weighted by atomic mass is 10.1. The number of nitrogens with one attached hydrogen (secondary N) is 1.